The Hall–Kier alpha value is -2.20. The molecule has 2 heterocycles. The third-order valence-corrected chi connectivity index (χ3v) is 4.03. The van der Waals surface area contributed by atoms with Crippen LogP contribution in [0.1, 0.15) is 42.2 Å². The van der Waals surface area contributed by atoms with Gasteiger partial charge in [0.2, 0.25) is 5.91 Å². The van der Waals surface area contributed by atoms with Gasteiger partial charge in [0.1, 0.15) is 0 Å². The van der Waals surface area contributed by atoms with Gasteiger partial charge in [-0.05, 0) is 36.1 Å². The predicted molar refractivity (Wildman–Crippen MR) is 84.3 cm³/mol. The van der Waals surface area contributed by atoms with Crippen LogP contribution < -0.4 is 5.32 Å². The number of hydrogen-bond acceptors (Lipinski definition) is 3. The summed E-state index contributed by atoms with van der Waals surface area (Å²) in [6, 6.07) is 12.0. The number of fused-ring (bicyclic) bond motifs is 1. The number of amides is 1. The van der Waals surface area contributed by atoms with Crippen molar-refractivity contribution in [1.29, 1.82) is 0 Å². The Bertz CT molecular complexity index is 643. The number of pyridine rings is 1. The predicted octanol–water partition coefficient (Wildman–Crippen LogP) is 2.96. The summed E-state index contributed by atoms with van der Waals surface area (Å²) in [5.74, 6) is -0.00180. The minimum absolute atomic E-state index is 0.00180. The maximum atomic E-state index is 12.3. The van der Waals surface area contributed by atoms with Crippen molar-refractivity contribution >= 4 is 5.91 Å². The molecule has 1 N–H and O–H groups in total. The van der Waals surface area contributed by atoms with Gasteiger partial charge in [-0.1, -0.05) is 30.3 Å². The van der Waals surface area contributed by atoms with Crippen LogP contribution in [0.2, 0.25) is 0 Å². The van der Waals surface area contributed by atoms with Crippen molar-refractivity contribution in [2.75, 3.05) is 6.61 Å². The molecule has 0 saturated carbocycles. The summed E-state index contributed by atoms with van der Waals surface area (Å²) in [6.07, 6.45) is 4.62. The van der Waals surface area contributed by atoms with Crippen LogP contribution in [0, 0.1) is 0 Å². The zero-order valence-corrected chi connectivity index (χ0v) is 12.7. The monoisotopic (exact) mass is 296 g/mol. The van der Waals surface area contributed by atoms with Crippen molar-refractivity contribution in [2.24, 2.45) is 0 Å². The minimum atomic E-state index is -0.147. The number of rotatable bonds is 4. The lowest BCUT2D eigenvalue weighted by molar-refractivity contribution is -0.125. The lowest BCUT2D eigenvalue weighted by Crippen LogP contribution is -2.29. The molecule has 2 atom stereocenters. The van der Waals surface area contributed by atoms with Crippen molar-refractivity contribution in [2.45, 2.75) is 31.9 Å². The van der Waals surface area contributed by atoms with Crippen molar-refractivity contribution in [3.63, 3.8) is 0 Å². The van der Waals surface area contributed by atoms with E-state index >= 15 is 0 Å². The Morgan fingerprint density at radius 1 is 1.36 bits per heavy atom. The van der Waals surface area contributed by atoms with Gasteiger partial charge in [0.25, 0.3) is 0 Å². The molecule has 0 aliphatic carbocycles. The summed E-state index contributed by atoms with van der Waals surface area (Å²) in [7, 11) is 0. The fourth-order valence-electron chi connectivity index (χ4n) is 2.83. The first-order chi connectivity index (χ1) is 10.7. The van der Waals surface area contributed by atoms with Crippen LogP contribution >= 0.6 is 0 Å². The van der Waals surface area contributed by atoms with Crippen LogP contribution in [0.15, 0.2) is 48.8 Å². The highest BCUT2D eigenvalue weighted by atomic mass is 16.5. The molecule has 0 unspecified atom stereocenters. The highest BCUT2D eigenvalue weighted by Crippen LogP contribution is 2.29. The molecule has 2 aromatic rings. The molecule has 4 heteroatoms. The highest BCUT2D eigenvalue weighted by molar-refractivity contribution is 5.77. The van der Waals surface area contributed by atoms with Crippen LogP contribution in [0.3, 0.4) is 0 Å². The first-order valence-corrected chi connectivity index (χ1v) is 7.62. The molecule has 0 saturated heterocycles. The van der Waals surface area contributed by atoms with E-state index in [0.29, 0.717) is 13.0 Å². The Kier molecular flexibility index (Phi) is 4.49. The summed E-state index contributed by atoms with van der Waals surface area (Å²) in [6.45, 7) is 2.64. The van der Waals surface area contributed by atoms with E-state index in [2.05, 4.69) is 22.4 Å². The molecule has 114 valence electrons. The van der Waals surface area contributed by atoms with E-state index in [1.54, 1.807) is 12.4 Å². The van der Waals surface area contributed by atoms with Gasteiger partial charge in [0, 0.05) is 12.4 Å². The fourth-order valence-corrected chi connectivity index (χ4v) is 2.83. The van der Waals surface area contributed by atoms with Crippen LogP contribution in [0.25, 0.3) is 0 Å². The second-order valence-electron chi connectivity index (χ2n) is 5.59. The molecular weight excluding hydrogens is 276 g/mol. The van der Waals surface area contributed by atoms with Gasteiger partial charge in [-0.3, -0.25) is 9.78 Å². The highest BCUT2D eigenvalue weighted by Gasteiger charge is 2.23. The Balaban J connectivity index is 1.63. The summed E-state index contributed by atoms with van der Waals surface area (Å²) in [4.78, 5) is 16.4. The smallest absolute Gasteiger partial charge is 0.223 e. The van der Waals surface area contributed by atoms with Gasteiger partial charge in [0.15, 0.2) is 0 Å². The normalized spacial score (nSPS) is 18.3. The summed E-state index contributed by atoms with van der Waals surface area (Å²) in [5, 5.41) is 3.02. The van der Waals surface area contributed by atoms with Gasteiger partial charge in [-0.15, -0.1) is 0 Å². The second kappa shape index (κ2) is 6.71. The van der Waals surface area contributed by atoms with Gasteiger partial charge in [-0.2, -0.15) is 0 Å². The molecule has 4 nitrogen and oxygen atoms in total. The summed E-state index contributed by atoms with van der Waals surface area (Å²) >= 11 is 0. The number of nitrogens with one attached hydrogen (secondary N) is 1. The first kappa shape index (κ1) is 14.7. The molecular formula is C18H20N2O2. The third-order valence-electron chi connectivity index (χ3n) is 4.03. The second-order valence-corrected chi connectivity index (χ2v) is 5.59. The number of hydrogen-bond donors (Lipinski definition) is 1. The van der Waals surface area contributed by atoms with Crippen LogP contribution in [-0.4, -0.2) is 17.5 Å². The van der Waals surface area contributed by atoms with Crippen LogP contribution in [0.5, 0.6) is 0 Å². The molecule has 1 amide bonds. The van der Waals surface area contributed by atoms with Crippen molar-refractivity contribution in [3.8, 4) is 0 Å². The van der Waals surface area contributed by atoms with E-state index in [1.807, 2.05) is 31.2 Å². The number of aromatic nitrogens is 1. The zero-order chi connectivity index (χ0) is 15.4. The molecule has 0 bridgehead atoms. The Morgan fingerprint density at radius 2 is 2.23 bits per heavy atom. The average Bonchev–Trinajstić information content (AvgIpc) is 2.56. The molecule has 3 rings (SSSR count). The van der Waals surface area contributed by atoms with Gasteiger partial charge < -0.3 is 10.1 Å². The molecule has 0 fully saturated rings. The van der Waals surface area contributed by atoms with E-state index in [-0.39, 0.29) is 18.1 Å². The zero-order valence-electron chi connectivity index (χ0n) is 12.7. The van der Waals surface area contributed by atoms with Gasteiger partial charge in [-0.25, -0.2) is 0 Å². The van der Waals surface area contributed by atoms with Crippen molar-refractivity contribution in [1.82, 2.24) is 10.3 Å². The molecule has 1 aromatic heterocycles. The maximum absolute atomic E-state index is 12.3. The lowest BCUT2D eigenvalue weighted by atomic mass is 9.95. The standard InChI is InChI=1S/C18H20N2O2/c1-13(15-6-4-9-19-12-15)20-18(21)11-17-16-7-3-2-5-14(16)8-10-22-17/h2-7,9,12-13,17H,8,10-11H2,1H3,(H,20,21)/t13-,17+/m1/s1. The molecule has 1 aromatic carbocycles. The molecule has 0 spiro atoms. The summed E-state index contributed by atoms with van der Waals surface area (Å²) < 4.78 is 5.79. The fraction of sp³-hybridized carbons (Fsp3) is 0.333. The van der Waals surface area contributed by atoms with E-state index in [0.717, 1.165) is 17.5 Å². The SMILES string of the molecule is C[C@@H](NC(=O)C[C@@H]1OCCc2ccccc21)c1cccnc1. The largest absolute Gasteiger partial charge is 0.373 e. The number of nitrogens with zero attached hydrogens (tertiary/aromatic N) is 1. The molecule has 1 aliphatic rings. The number of carbonyl (C=O) groups excluding carboxylic acids is 1. The number of carbonyl (C=O) groups is 1. The average molecular weight is 296 g/mol. The quantitative estimate of drug-likeness (QED) is 0.943. The van der Waals surface area contributed by atoms with Gasteiger partial charge >= 0.3 is 0 Å². The molecule has 0 radical (unpaired) electrons. The maximum Gasteiger partial charge on any atom is 0.223 e. The first-order valence-electron chi connectivity index (χ1n) is 7.62. The van der Waals surface area contributed by atoms with Crippen LogP contribution in [-0.2, 0) is 16.0 Å². The van der Waals surface area contributed by atoms with E-state index in [9.17, 15) is 4.79 Å². The van der Waals surface area contributed by atoms with E-state index in [1.165, 1.54) is 5.56 Å². The topological polar surface area (TPSA) is 51.2 Å². The Morgan fingerprint density at radius 3 is 3.05 bits per heavy atom. The van der Waals surface area contributed by atoms with Gasteiger partial charge in [0.05, 0.1) is 25.2 Å². The molecule has 22 heavy (non-hydrogen) atoms. The van der Waals surface area contributed by atoms with E-state index < -0.39 is 0 Å². The van der Waals surface area contributed by atoms with E-state index in [4.69, 9.17) is 4.74 Å². The molecule has 1 aliphatic heterocycles. The minimum Gasteiger partial charge on any atom is -0.373 e. The van der Waals surface area contributed by atoms with Crippen molar-refractivity contribution < 1.29 is 9.53 Å². The van der Waals surface area contributed by atoms with Crippen LogP contribution in [0.4, 0.5) is 0 Å². The number of benzene rings is 1. The third kappa shape index (κ3) is 3.34. The number of ether oxygens (including phenoxy) is 1. The Labute approximate surface area is 130 Å². The summed E-state index contributed by atoms with van der Waals surface area (Å²) in [5.41, 5.74) is 3.42. The van der Waals surface area contributed by atoms with Crippen molar-refractivity contribution in [3.05, 3.63) is 65.5 Å². The lowest BCUT2D eigenvalue weighted by Gasteiger charge is -2.26.